The normalized spacial score (nSPS) is 11.0. The Morgan fingerprint density at radius 2 is 1.70 bits per heavy atom. The summed E-state index contributed by atoms with van der Waals surface area (Å²) >= 11 is 6.00. The van der Waals surface area contributed by atoms with Crippen LogP contribution in [0.4, 0.5) is 0 Å². The molecule has 0 aliphatic carbocycles. The van der Waals surface area contributed by atoms with Gasteiger partial charge in [-0.05, 0) is 29.0 Å². The molecule has 5 heteroatoms. The van der Waals surface area contributed by atoms with Crippen LogP contribution in [0, 0.1) is 0 Å². The first-order valence-electron chi connectivity index (χ1n) is 6.95. The third-order valence-electron chi connectivity index (χ3n) is 3.38. The maximum Gasteiger partial charge on any atom is 0.275 e. The lowest BCUT2D eigenvalue weighted by Crippen LogP contribution is -2.17. The summed E-state index contributed by atoms with van der Waals surface area (Å²) in [6.07, 6.45) is 1.46. The van der Waals surface area contributed by atoms with Crippen molar-refractivity contribution in [3.63, 3.8) is 0 Å². The van der Waals surface area contributed by atoms with E-state index in [4.69, 9.17) is 11.6 Å². The number of hydrogen-bond acceptors (Lipinski definition) is 3. The van der Waals surface area contributed by atoms with Gasteiger partial charge in [0.2, 0.25) is 0 Å². The van der Waals surface area contributed by atoms with E-state index < -0.39 is 5.91 Å². The van der Waals surface area contributed by atoms with Crippen molar-refractivity contribution < 1.29 is 9.90 Å². The maximum atomic E-state index is 12.2. The van der Waals surface area contributed by atoms with Gasteiger partial charge in [0, 0.05) is 10.6 Å². The average Bonchev–Trinajstić information content (AvgIpc) is 2.56. The molecule has 0 saturated heterocycles. The highest BCUT2D eigenvalue weighted by molar-refractivity contribution is 6.33. The number of phenolic OH excluding ortho intramolecular Hbond substituents is 1. The van der Waals surface area contributed by atoms with Gasteiger partial charge in [-0.1, -0.05) is 54.1 Å². The molecule has 2 N–H and O–H groups in total. The molecule has 0 fully saturated rings. The summed E-state index contributed by atoms with van der Waals surface area (Å²) in [4.78, 5) is 12.2. The molecule has 0 aliphatic heterocycles. The minimum absolute atomic E-state index is 0.0888. The number of benzene rings is 3. The molecule has 4 nitrogen and oxygen atoms in total. The number of carbonyl (C=O) groups is 1. The van der Waals surface area contributed by atoms with Crippen LogP contribution < -0.4 is 5.43 Å². The Kier molecular flexibility index (Phi) is 4.26. The van der Waals surface area contributed by atoms with Crippen molar-refractivity contribution in [2.45, 2.75) is 0 Å². The molecule has 114 valence electrons. The lowest BCUT2D eigenvalue weighted by atomic mass is 10.1. The number of nitrogens with zero attached hydrogens (tertiary/aromatic N) is 1. The predicted molar refractivity (Wildman–Crippen MR) is 92.1 cm³/mol. The maximum absolute atomic E-state index is 12.2. The number of aromatic hydroxyl groups is 1. The van der Waals surface area contributed by atoms with Crippen LogP contribution in [0.25, 0.3) is 10.8 Å². The number of amides is 1. The van der Waals surface area contributed by atoms with Crippen LogP contribution in [0.2, 0.25) is 5.02 Å². The summed E-state index contributed by atoms with van der Waals surface area (Å²) in [5.74, 6) is -0.578. The van der Waals surface area contributed by atoms with Crippen molar-refractivity contribution in [1.29, 1.82) is 0 Å². The quantitative estimate of drug-likeness (QED) is 0.566. The standard InChI is InChI=1S/C18H13ClN2O2/c19-16-8-4-3-7-14(16)11-20-21-18(23)15-9-12-5-1-2-6-13(12)10-17(15)22/h1-11,22H,(H,21,23). The fourth-order valence-electron chi connectivity index (χ4n) is 2.21. The molecule has 0 atom stereocenters. The van der Waals surface area contributed by atoms with Gasteiger partial charge in [0.05, 0.1) is 11.8 Å². The van der Waals surface area contributed by atoms with Gasteiger partial charge in [-0.3, -0.25) is 4.79 Å². The van der Waals surface area contributed by atoms with Gasteiger partial charge in [-0.2, -0.15) is 5.10 Å². The Bertz CT molecular complexity index is 906. The molecule has 0 radical (unpaired) electrons. The minimum Gasteiger partial charge on any atom is -0.507 e. The molecule has 0 saturated carbocycles. The zero-order valence-electron chi connectivity index (χ0n) is 12.0. The molecule has 0 spiro atoms. The number of hydrogen-bond donors (Lipinski definition) is 2. The van der Waals surface area contributed by atoms with E-state index in [2.05, 4.69) is 10.5 Å². The second kappa shape index (κ2) is 6.50. The van der Waals surface area contributed by atoms with E-state index in [1.165, 1.54) is 6.21 Å². The summed E-state index contributed by atoms with van der Waals surface area (Å²) in [6, 6.07) is 17.8. The number of rotatable bonds is 3. The molecular weight excluding hydrogens is 312 g/mol. The van der Waals surface area contributed by atoms with Crippen LogP contribution in [0.15, 0.2) is 65.8 Å². The monoisotopic (exact) mass is 324 g/mol. The Morgan fingerprint density at radius 1 is 1.04 bits per heavy atom. The van der Waals surface area contributed by atoms with Crippen molar-refractivity contribution in [2.24, 2.45) is 5.10 Å². The van der Waals surface area contributed by atoms with Crippen LogP contribution in [0.5, 0.6) is 5.75 Å². The fraction of sp³-hybridized carbons (Fsp3) is 0. The third kappa shape index (κ3) is 3.33. The smallest absolute Gasteiger partial charge is 0.275 e. The molecule has 0 heterocycles. The summed E-state index contributed by atoms with van der Waals surface area (Å²) in [5, 5.41) is 16.2. The van der Waals surface area contributed by atoms with Crippen molar-refractivity contribution in [1.82, 2.24) is 5.43 Å². The summed E-state index contributed by atoms with van der Waals surface area (Å²) in [5.41, 5.74) is 3.25. The van der Waals surface area contributed by atoms with Gasteiger partial charge in [-0.25, -0.2) is 5.43 Å². The van der Waals surface area contributed by atoms with Crippen LogP contribution in [-0.4, -0.2) is 17.2 Å². The van der Waals surface area contributed by atoms with Crippen molar-refractivity contribution in [3.05, 3.63) is 76.8 Å². The minimum atomic E-state index is -0.489. The molecule has 3 rings (SSSR count). The molecular formula is C18H13ClN2O2. The first-order valence-corrected chi connectivity index (χ1v) is 7.32. The highest BCUT2D eigenvalue weighted by Gasteiger charge is 2.11. The average molecular weight is 325 g/mol. The van der Waals surface area contributed by atoms with E-state index in [1.807, 2.05) is 36.4 Å². The zero-order valence-corrected chi connectivity index (χ0v) is 12.8. The SMILES string of the molecule is O=C(NN=Cc1ccccc1Cl)c1cc2ccccc2cc1O. The van der Waals surface area contributed by atoms with E-state index in [1.54, 1.807) is 24.3 Å². The van der Waals surface area contributed by atoms with Crippen molar-refractivity contribution >= 4 is 34.5 Å². The van der Waals surface area contributed by atoms with Crippen molar-refractivity contribution in [2.75, 3.05) is 0 Å². The first-order chi connectivity index (χ1) is 11.1. The van der Waals surface area contributed by atoms with Gasteiger partial charge in [0.25, 0.3) is 5.91 Å². The molecule has 23 heavy (non-hydrogen) atoms. The second-order valence-corrected chi connectivity index (χ2v) is 5.34. The molecule has 0 bridgehead atoms. The first kappa shape index (κ1) is 15.1. The number of halogens is 1. The molecule has 1 amide bonds. The topological polar surface area (TPSA) is 61.7 Å². The summed E-state index contributed by atoms with van der Waals surface area (Å²) < 4.78 is 0. The van der Waals surface area contributed by atoms with Gasteiger partial charge in [0.15, 0.2) is 0 Å². The fourth-order valence-corrected chi connectivity index (χ4v) is 2.40. The number of carbonyl (C=O) groups excluding carboxylic acids is 1. The molecule has 0 aliphatic rings. The summed E-state index contributed by atoms with van der Waals surface area (Å²) in [7, 11) is 0. The van der Waals surface area contributed by atoms with E-state index in [0.717, 1.165) is 10.8 Å². The van der Waals surface area contributed by atoms with Gasteiger partial charge >= 0.3 is 0 Å². The Hall–Kier alpha value is -2.85. The van der Waals surface area contributed by atoms with Crippen LogP contribution in [-0.2, 0) is 0 Å². The predicted octanol–water partition coefficient (Wildman–Crippen LogP) is 3.96. The molecule has 0 aromatic heterocycles. The van der Waals surface area contributed by atoms with Crippen molar-refractivity contribution in [3.8, 4) is 5.75 Å². The number of phenols is 1. The second-order valence-electron chi connectivity index (χ2n) is 4.94. The molecule has 0 unspecified atom stereocenters. The van der Waals surface area contributed by atoms with E-state index in [9.17, 15) is 9.90 Å². The van der Waals surface area contributed by atoms with E-state index in [0.29, 0.717) is 10.6 Å². The number of nitrogens with one attached hydrogen (secondary N) is 1. The lowest BCUT2D eigenvalue weighted by Gasteiger charge is -2.05. The molecule has 3 aromatic carbocycles. The van der Waals surface area contributed by atoms with Crippen LogP contribution in [0.3, 0.4) is 0 Å². The van der Waals surface area contributed by atoms with Gasteiger partial charge in [0.1, 0.15) is 5.75 Å². The number of hydrazone groups is 1. The zero-order chi connectivity index (χ0) is 16.2. The van der Waals surface area contributed by atoms with Crippen LogP contribution >= 0.6 is 11.6 Å². The van der Waals surface area contributed by atoms with Gasteiger partial charge < -0.3 is 5.11 Å². The number of fused-ring (bicyclic) bond motifs is 1. The third-order valence-corrected chi connectivity index (χ3v) is 3.73. The Morgan fingerprint density at radius 3 is 2.43 bits per heavy atom. The summed E-state index contributed by atoms with van der Waals surface area (Å²) in [6.45, 7) is 0. The lowest BCUT2D eigenvalue weighted by molar-refractivity contribution is 0.0952. The van der Waals surface area contributed by atoms with E-state index in [-0.39, 0.29) is 11.3 Å². The Labute approximate surface area is 138 Å². The van der Waals surface area contributed by atoms with Crippen LogP contribution in [0.1, 0.15) is 15.9 Å². The highest BCUT2D eigenvalue weighted by Crippen LogP contribution is 2.24. The molecule has 3 aromatic rings. The Balaban J connectivity index is 1.81. The van der Waals surface area contributed by atoms with E-state index >= 15 is 0 Å². The highest BCUT2D eigenvalue weighted by atomic mass is 35.5. The largest absolute Gasteiger partial charge is 0.507 e. The van der Waals surface area contributed by atoms with Gasteiger partial charge in [-0.15, -0.1) is 0 Å².